The van der Waals surface area contributed by atoms with Gasteiger partial charge in [0.15, 0.2) is 11.9 Å². The number of benzene rings is 3. The van der Waals surface area contributed by atoms with Crippen molar-refractivity contribution in [1.29, 1.82) is 0 Å². The van der Waals surface area contributed by atoms with Gasteiger partial charge in [-0.15, -0.1) is 0 Å². The van der Waals surface area contributed by atoms with Crippen molar-refractivity contribution in [3.63, 3.8) is 0 Å². The number of Topliss-reactive ketones (excluding diaryl/α,β-unsaturated/α-hetero) is 1. The maximum atomic E-state index is 13.6. The molecule has 2 aliphatic carbocycles. The molecule has 4 atom stereocenters. The monoisotopic (exact) mass is 630 g/mol. The van der Waals surface area contributed by atoms with Gasteiger partial charge in [0, 0.05) is 37.3 Å². The molecule has 0 radical (unpaired) electrons. The van der Waals surface area contributed by atoms with Crippen LogP contribution in [-0.2, 0) is 34.3 Å². The molecule has 3 aromatic carbocycles. The van der Waals surface area contributed by atoms with Crippen molar-refractivity contribution in [2.45, 2.75) is 61.7 Å². The van der Waals surface area contributed by atoms with E-state index in [1.807, 2.05) is 42.5 Å². The highest BCUT2D eigenvalue weighted by Crippen LogP contribution is 2.63. The van der Waals surface area contributed by atoms with Crippen LogP contribution in [0.3, 0.4) is 0 Å². The van der Waals surface area contributed by atoms with Crippen LogP contribution in [0.4, 0.5) is 0 Å². The third kappa shape index (κ3) is 4.63. The number of nitrogens with zero attached hydrogens (tertiary/aromatic N) is 1. The molecule has 1 spiro atoms. The molecule has 2 amide bonds. The Balaban J connectivity index is 1.01. The summed E-state index contributed by atoms with van der Waals surface area (Å²) in [6, 6.07) is 21.8. The van der Waals surface area contributed by atoms with E-state index in [1.54, 1.807) is 6.20 Å². The van der Waals surface area contributed by atoms with Gasteiger partial charge in [-0.1, -0.05) is 67.2 Å². The summed E-state index contributed by atoms with van der Waals surface area (Å²) in [5, 5.41) is 21.3. The molecule has 9 heteroatoms. The van der Waals surface area contributed by atoms with Crippen molar-refractivity contribution in [3.8, 4) is 5.75 Å². The molecular formula is C38H38N4O5. The summed E-state index contributed by atoms with van der Waals surface area (Å²) >= 11 is 0. The molecule has 240 valence electrons. The molecule has 0 unspecified atom stereocenters. The first kappa shape index (κ1) is 29.7. The van der Waals surface area contributed by atoms with Crippen LogP contribution in [0.5, 0.6) is 5.75 Å². The molecule has 3 aliphatic heterocycles. The molecule has 3 heterocycles. The van der Waals surface area contributed by atoms with Crippen molar-refractivity contribution in [2.75, 3.05) is 19.6 Å². The lowest BCUT2D eigenvalue weighted by atomic mass is 9.49. The average Bonchev–Trinajstić information content (AvgIpc) is 3.43. The summed E-state index contributed by atoms with van der Waals surface area (Å²) in [6.07, 6.45) is 4.28. The molecule has 5 aliphatic rings. The van der Waals surface area contributed by atoms with Gasteiger partial charge >= 0.3 is 0 Å². The largest absolute Gasteiger partial charge is 0.480 e. The number of aliphatic hydroxyl groups is 1. The zero-order valence-corrected chi connectivity index (χ0v) is 26.2. The summed E-state index contributed by atoms with van der Waals surface area (Å²) in [5.74, 6) is 0.446. The molecule has 2 fully saturated rings. The minimum atomic E-state index is -1.11. The Kier molecular flexibility index (Phi) is 7.07. The van der Waals surface area contributed by atoms with Crippen LogP contribution in [0.15, 0.2) is 85.3 Å². The molecule has 1 saturated heterocycles. The van der Waals surface area contributed by atoms with Crippen molar-refractivity contribution in [1.82, 2.24) is 20.9 Å². The molecule has 8 rings (SSSR count). The van der Waals surface area contributed by atoms with Gasteiger partial charge in [-0.25, -0.2) is 0 Å². The fourth-order valence-electron chi connectivity index (χ4n) is 8.74. The number of carbonyl (C=O) groups excluding carboxylic acids is 3. The van der Waals surface area contributed by atoms with E-state index in [-0.39, 0.29) is 30.1 Å². The lowest BCUT2D eigenvalue weighted by molar-refractivity contribution is -0.188. The van der Waals surface area contributed by atoms with E-state index in [0.717, 1.165) is 41.8 Å². The number of ether oxygens (including phenoxy) is 1. The molecule has 2 bridgehead atoms. The molecule has 9 nitrogen and oxygen atoms in total. The summed E-state index contributed by atoms with van der Waals surface area (Å²) in [7, 11) is 0. The van der Waals surface area contributed by atoms with E-state index >= 15 is 0 Å². The summed E-state index contributed by atoms with van der Waals surface area (Å²) in [6.45, 7) is 5.69. The van der Waals surface area contributed by atoms with E-state index in [2.05, 4.69) is 51.7 Å². The van der Waals surface area contributed by atoms with Gasteiger partial charge in [0.2, 0.25) is 0 Å². The van der Waals surface area contributed by atoms with Gasteiger partial charge in [-0.2, -0.15) is 0 Å². The van der Waals surface area contributed by atoms with Gasteiger partial charge in [0.25, 0.3) is 11.8 Å². The number of carbonyl (C=O) groups is 3. The molecule has 0 aromatic heterocycles. The highest BCUT2D eigenvalue weighted by molar-refractivity contribution is 6.20. The molecular weight excluding hydrogens is 592 g/mol. The van der Waals surface area contributed by atoms with Gasteiger partial charge in [0.05, 0.1) is 22.2 Å². The number of amides is 2. The Hall–Kier alpha value is -4.73. The van der Waals surface area contributed by atoms with E-state index in [4.69, 9.17) is 4.74 Å². The van der Waals surface area contributed by atoms with Crippen molar-refractivity contribution in [2.24, 2.45) is 0 Å². The first-order chi connectivity index (χ1) is 22.8. The SMILES string of the molecule is C=C1NC=C(c2ccc(CCNC(=O)c3ccc4c5c3O[C@H]3C(=O)CC[C@@]6(O)[C@@H](C4)N(CCc4ccccc4)CC[C@]536)cc2)C(=O)N1. The normalized spacial score (nSPS) is 27.3. The number of hydrogen-bond acceptors (Lipinski definition) is 7. The lowest BCUT2D eigenvalue weighted by Gasteiger charge is -2.62. The highest BCUT2D eigenvalue weighted by Gasteiger charge is 2.73. The van der Waals surface area contributed by atoms with E-state index in [1.165, 1.54) is 5.56 Å². The van der Waals surface area contributed by atoms with E-state index in [9.17, 15) is 19.5 Å². The minimum Gasteiger partial charge on any atom is -0.480 e. The first-order valence-electron chi connectivity index (χ1n) is 16.5. The van der Waals surface area contributed by atoms with Crippen LogP contribution in [0.1, 0.15) is 57.4 Å². The van der Waals surface area contributed by atoms with Gasteiger partial charge < -0.3 is 25.8 Å². The highest BCUT2D eigenvalue weighted by atomic mass is 16.5. The third-order valence-electron chi connectivity index (χ3n) is 11.0. The zero-order valence-electron chi connectivity index (χ0n) is 26.2. The smallest absolute Gasteiger partial charge is 0.258 e. The Bertz CT molecular complexity index is 1840. The first-order valence-corrected chi connectivity index (χ1v) is 16.5. The Morgan fingerprint density at radius 2 is 1.81 bits per heavy atom. The standard InChI is InChI=1S/C38H38N4O5/c1-23-40-22-29(36(45)41-23)26-9-7-25(8-10-26)14-18-39-35(44)28-12-11-27-21-31-38(46)16-13-30(43)34-37(38,32(27)33(28)47-34)17-20-42(31)19-15-24-5-3-2-4-6-24/h2-12,22,31,34,40,46H,1,13-21H2,(H,39,44)(H,41,45)/t31-,34+,37+,38-/m1/s1. The molecule has 47 heavy (non-hydrogen) atoms. The summed E-state index contributed by atoms with van der Waals surface area (Å²) in [4.78, 5) is 41.8. The van der Waals surface area contributed by atoms with Crippen LogP contribution in [-0.4, -0.2) is 65.0 Å². The second-order valence-corrected chi connectivity index (χ2v) is 13.4. The number of ketones is 1. The summed E-state index contributed by atoms with van der Waals surface area (Å²) < 4.78 is 6.49. The Labute approximate surface area is 273 Å². The fraction of sp³-hybridized carbons (Fsp3) is 0.342. The maximum Gasteiger partial charge on any atom is 0.258 e. The second-order valence-electron chi connectivity index (χ2n) is 13.4. The number of nitrogens with one attached hydrogen (secondary N) is 3. The fourth-order valence-corrected chi connectivity index (χ4v) is 8.74. The third-order valence-corrected chi connectivity index (χ3v) is 11.0. The van der Waals surface area contributed by atoms with Crippen molar-refractivity contribution in [3.05, 3.63) is 119 Å². The van der Waals surface area contributed by atoms with Crippen LogP contribution >= 0.6 is 0 Å². The van der Waals surface area contributed by atoms with Gasteiger partial charge in [-0.05, 0) is 67.0 Å². The van der Waals surface area contributed by atoms with Crippen LogP contribution in [0, 0.1) is 0 Å². The zero-order chi connectivity index (χ0) is 32.3. The minimum absolute atomic E-state index is 0.00667. The van der Waals surface area contributed by atoms with Crippen molar-refractivity contribution >= 4 is 23.2 Å². The maximum absolute atomic E-state index is 13.6. The van der Waals surface area contributed by atoms with Crippen LogP contribution in [0.25, 0.3) is 5.57 Å². The summed E-state index contributed by atoms with van der Waals surface area (Å²) in [5.41, 5.74) is 3.98. The Morgan fingerprint density at radius 1 is 1.02 bits per heavy atom. The van der Waals surface area contributed by atoms with Gasteiger partial charge in [0.1, 0.15) is 11.6 Å². The Morgan fingerprint density at radius 3 is 2.60 bits per heavy atom. The molecule has 1 saturated carbocycles. The van der Waals surface area contributed by atoms with E-state index in [0.29, 0.717) is 54.9 Å². The van der Waals surface area contributed by atoms with E-state index < -0.39 is 17.1 Å². The topological polar surface area (TPSA) is 120 Å². The number of likely N-dealkylation sites (tertiary alicyclic amines) is 1. The number of piperidine rings is 1. The molecule has 3 aromatic rings. The van der Waals surface area contributed by atoms with Crippen molar-refractivity contribution < 1.29 is 24.2 Å². The van der Waals surface area contributed by atoms with Gasteiger partial charge in [-0.3, -0.25) is 19.3 Å². The molecule has 4 N–H and O–H groups in total. The van der Waals surface area contributed by atoms with Crippen LogP contribution in [0.2, 0.25) is 0 Å². The lowest BCUT2D eigenvalue weighted by Crippen LogP contribution is -2.76. The number of hydrogen-bond donors (Lipinski definition) is 4. The quantitative estimate of drug-likeness (QED) is 0.302. The average molecular weight is 631 g/mol. The predicted octanol–water partition coefficient (Wildman–Crippen LogP) is 3.16. The van der Waals surface area contributed by atoms with Crippen LogP contribution < -0.4 is 20.7 Å². The second kappa shape index (κ2) is 11.2. The number of rotatable bonds is 8. The predicted molar refractivity (Wildman–Crippen MR) is 176 cm³/mol.